The maximum absolute atomic E-state index is 12.8. The normalized spacial score (nSPS) is 15.5. The van der Waals surface area contributed by atoms with E-state index in [0.29, 0.717) is 44.2 Å². The quantitative estimate of drug-likeness (QED) is 0.796. The lowest BCUT2D eigenvalue weighted by atomic mass is 10.3. The number of nitriles is 1. The first-order valence-electron chi connectivity index (χ1n) is 8.38. The summed E-state index contributed by atoms with van der Waals surface area (Å²) in [5.74, 6) is 0.657. The Morgan fingerprint density at radius 1 is 1.12 bits per heavy atom. The zero-order valence-corrected chi connectivity index (χ0v) is 15.3. The van der Waals surface area contributed by atoms with Crippen LogP contribution < -0.4 is 9.64 Å². The summed E-state index contributed by atoms with van der Waals surface area (Å²) < 4.78 is 32.5. The SMILES string of the molecule is CCOc1ccc(S(=O)(=O)N2CCN(c3ccc(C#N)nc3)CC2)cc1. The van der Waals surface area contributed by atoms with Crippen LogP contribution in [0.25, 0.3) is 0 Å². The third kappa shape index (κ3) is 3.79. The lowest BCUT2D eigenvalue weighted by Gasteiger charge is -2.35. The van der Waals surface area contributed by atoms with Crippen molar-refractivity contribution in [3.63, 3.8) is 0 Å². The van der Waals surface area contributed by atoms with Crippen molar-refractivity contribution in [1.82, 2.24) is 9.29 Å². The maximum Gasteiger partial charge on any atom is 0.243 e. The van der Waals surface area contributed by atoms with E-state index in [1.807, 2.05) is 19.1 Å². The van der Waals surface area contributed by atoms with Gasteiger partial charge in [-0.25, -0.2) is 13.4 Å². The van der Waals surface area contributed by atoms with Crippen molar-refractivity contribution in [1.29, 1.82) is 5.26 Å². The van der Waals surface area contributed by atoms with Crippen LogP contribution in [0.4, 0.5) is 5.69 Å². The van der Waals surface area contributed by atoms with Crippen LogP contribution in [-0.4, -0.2) is 50.5 Å². The molecule has 0 spiro atoms. The molecule has 0 saturated carbocycles. The predicted octanol–water partition coefficient (Wildman–Crippen LogP) is 1.86. The van der Waals surface area contributed by atoms with E-state index in [0.717, 1.165) is 5.69 Å². The number of hydrogen-bond donors (Lipinski definition) is 0. The minimum atomic E-state index is -3.52. The molecule has 0 aliphatic carbocycles. The largest absolute Gasteiger partial charge is 0.494 e. The van der Waals surface area contributed by atoms with Crippen LogP contribution in [0.2, 0.25) is 0 Å². The second-order valence-corrected chi connectivity index (χ2v) is 7.75. The molecule has 1 saturated heterocycles. The molecule has 0 N–H and O–H groups in total. The van der Waals surface area contributed by atoms with Crippen LogP contribution >= 0.6 is 0 Å². The molecular weight excluding hydrogens is 352 g/mol. The van der Waals surface area contributed by atoms with E-state index in [4.69, 9.17) is 10.00 Å². The van der Waals surface area contributed by atoms with Gasteiger partial charge in [-0.15, -0.1) is 0 Å². The van der Waals surface area contributed by atoms with Gasteiger partial charge < -0.3 is 9.64 Å². The number of piperazine rings is 1. The van der Waals surface area contributed by atoms with Crippen molar-refractivity contribution in [3.05, 3.63) is 48.3 Å². The van der Waals surface area contributed by atoms with Crippen molar-refractivity contribution < 1.29 is 13.2 Å². The third-order valence-corrected chi connectivity index (χ3v) is 6.15. The molecule has 136 valence electrons. The van der Waals surface area contributed by atoms with E-state index < -0.39 is 10.0 Å². The molecule has 26 heavy (non-hydrogen) atoms. The second kappa shape index (κ2) is 7.72. The molecular formula is C18H20N4O3S. The summed E-state index contributed by atoms with van der Waals surface area (Å²) in [5.41, 5.74) is 1.26. The van der Waals surface area contributed by atoms with E-state index in [9.17, 15) is 8.42 Å². The van der Waals surface area contributed by atoms with E-state index in [2.05, 4.69) is 9.88 Å². The number of nitrogens with zero attached hydrogens (tertiary/aromatic N) is 4. The Hall–Kier alpha value is -2.63. The first-order chi connectivity index (χ1) is 12.5. The summed E-state index contributed by atoms with van der Waals surface area (Å²) >= 11 is 0. The minimum absolute atomic E-state index is 0.273. The average Bonchev–Trinajstić information content (AvgIpc) is 2.69. The summed E-state index contributed by atoms with van der Waals surface area (Å²) in [6, 6.07) is 12.0. The van der Waals surface area contributed by atoms with Gasteiger partial charge in [0, 0.05) is 26.2 Å². The fourth-order valence-corrected chi connectivity index (χ4v) is 4.27. The van der Waals surface area contributed by atoms with Crippen LogP contribution in [0.15, 0.2) is 47.5 Å². The molecule has 2 aromatic rings. The van der Waals surface area contributed by atoms with Gasteiger partial charge >= 0.3 is 0 Å². The maximum atomic E-state index is 12.8. The van der Waals surface area contributed by atoms with Crippen LogP contribution in [-0.2, 0) is 10.0 Å². The van der Waals surface area contributed by atoms with Crippen LogP contribution in [0, 0.1) is 11.3 Å². The van der Waals surface area contributed by atoms with Gasteiger partial charge in [0.1, 0.15) is 17.5 Å². The molecule has 0 radical (unpaired) electrons. The second-order valence-electron chi connectivity index (χ2n) is 5.81. The Morgan fingerprint density at radius 3 is 2.35 bits per heavy atom. The molecule has 2 heterocycles. The van der Waals surface area contributed by atoms with Gasteiger partial charge in [0.05, 0.1) is 23.4 Å². The van der Waals surface area contributed by atoms with Crippen molar-refractivity contribution >= 4 is 15.7 Å². The molecule has 0 atom stereocenters. The Balaban J connectivity index is 1.67. The lowest BCUT2D eigenvalue weighted by Crippen LogP contribution is -2.48. The zero-order valence-electron chi connectivity index (χ0n) is 14.5. The fraction of sp³-hybridized carbons (Fsp3) is 0.333. The zero-order chi connectivity index (χ0) is 18.6. The lowest BCUT2D eigenvalue weighted by molar-refractivity contribution is 0.340. The van der Waals surface area contributed by atoms with Crippen molar-refractivity contribution in [2.45, 2.75) is 11.8 Å². The molecule has 1 aliphatic heterocycles. The summed E-state index contributed by atoms with van der Waals surface area (Å²) in [4.78, 5) is 6.41. The molecule has 0 unspecified atom stereocenters. The molecule has 8 heteroatoms. The van der Waals surface area contributed by atoms with Gasteiger partial charge in [0.2, 0.25) is 10.0 Å². The van der Waals surface area contributed by atoms with Gasteiger partial charge in [0.25, 0.3) is 0 Å². The standard InChI is InChI=1S/C18H20N4O3S/c1-2-25-17-5-7-18(8-6-17)26(23,24)22-11-9-21(10-12-22)16-4-3-15(13-19)20-14-16/h3-8,14H,2,9-12H2,1H3. The van der Waals surface area contributed by atoms with Gasteiger partial charge in [-0.2, -0.15) is 9.57 Å². The van der Waals surface area contributed by atoms with Crippen LogP contribution in [0.5, 0.6) is 5.75 Å². The fourth-order valence-electron chi connectivity index (χ4n) is 2.85. The van der Waals surface area contributed by atoms with E-state index in [-0.39, 0.29) is 4.90 Å². The summed E-state index contributed by atoms with van der Waals surface area (Å²) in [6.45, 7) is 4.37. The monoisotopic (exact) mass is 372 g/mol. The third-order valence-electron chi connectivity index (χ3n) is 4.24. The smallest absolute Gasteiger partial charge is 0.243 e. The number of aromatic nitrogens is 1. The van der Waals surface area contributed by atoms with Gasteiger partial charge in [-0.1, -0.05) is 0 Å². The molecule has 1 aliphatic rings. The molecule has 0 bridgehead atoms. The van der Waals surface area contributed by atoms with Crippen molar-refractivity contribution in [3.8, 4) is 11.8 Å². The van der Waals surface area contributed by atoms with Crippen molar-refractivity contribution in [2.24, 2.45) is 0 Å². The summed E-state index contributed by atoms with van der Waals surface area (Å²) in [7, 11) is -3.52. The number of pyridine rings is 1. The minimum Gasteiger partial charge on any atom is -0.494 e. The Morgan fingerprint density at radius 2 is 1.81 bits per heavy atom. The Kier molecular flexibility index (Phi) is 5.40. The highest BCUT2D eigenvalue weighted by Gasteiger charge is 2.28. The summed E-state index contributed by atoms with van der Waals surface area (Å²) in [5, 5.41) is 8.81. The first kappa shape index (κ1) is 18.2. The van der Waals surface area contributed by atoms with Crippen LogP contribution in [0.3, 0.4) is 0 Å². The average molecular weight is 372 g/mol. The van der Waals surface area contributed by atoms with Gasteiger partial charge in [-0.05, 0) is 43.3 Å². The van der Waals surface area contributed by atoms with E-state index in [1.165, 1.54) is 4.31 Å². The number of hydrogen-bond acceptors (Lipinski definition) is 6. The van der Waals surface area contributed by atoms with Gasteiger partial charge in [-0.3, -0.25) is 0 Å². The van der Waals surface area contributed by atoms with Gasteiger partial charge in [0.15, 0.2) is 0 Å². The molecule has 1 aromatic heterocycles. The Labute approximate surface area is 153 Å². The summed E-state index contributed by atoms with van der Waals surface area (Å²) in [6.07, 6.45) is 1.65. The van der Waals surface area contributed by atoms with Crippen molar-refractivity contribution in [2.75, 3.05) is 37.7 Å². The van der Waals surface area contributed by atoms with E-state index in [1.54, 1.807) is 36.5 Å². The number of rotatable bonds is 5. The molecule has 7 nitrogen and oxygen atoms in total. The highest BCUT2D eigenvalue weighted by molar-refractivity contribution is 7.89. The topological polar surface area (TPSA) is 86.5 Å². The first-order valence-corrected chi connectivity index (χ1v) is 9.82. The predicted molar refractivity (Wildman–Crippen MR) is 97.5 cm³/mol. The Bertz CT molecular complexity index is 882. The van der Waals surface area contributed by atoms with E-state index >= 15 is 0 Å². The number of ether oxygens (including phenoxy) is 1. The number of anilines is 1. The molecule has 1 aromatic carbocycles. The highest BCUT2D eigenvalue weighted by atomic mass is 32.2. The molecule has 0 amide bonds. The number of sulfonamides is 1. The molecule has 1 fully saturated rings. The highest BCUT2D eigenvalue weighted by Crippen LogP contribution is 2.22. The number of benzene rings is 1. The molecule has 3 rings (SSSR count). The van der Waals surface area contributed by atoms with Crippen LogP contribution in [0.1, 0.15) is 12.6 Å².